The highest BCUT2D eigenvalue weighted by molar-refractivity contribution is 7.89. The van der Waals surface area contributed by atoms with Gasteiger partial charge in [-0.1, -0.05) is 12.1 Å². The van der Waals surface area contributed by atoms with Gasteiger partial charge in [-0.05, 0) is 50.1 Å². The van der Waals surface area contributed by atoms with Crippen molar-refractivity contribution in [1.82, 2.24) is 4.72 Å². The molecule has 0 aliphatic carbocycles. The van der Waals surface area contributed by atoms with Gasteiger partial charge in [0.15, 0.2) is 5.75 Å². The van der Waals surface area contributed by atoms with E-state index in [0.29, 0.717) is 6.42 Å². The Bertz CT molecular complexity index is 895. The molecule has 0 spiro atoms. The Labute approximate surface area is 158 Å². The molecule has 0 aromatic heterocycles. The van der Waals surface area contributed by atoms with Gasteiger partial charge in [0.25, 0.3) is 0 Å². The maximum Gasteiger partial charge on any atom is 0.312 e. The van der Waals surface area contributed by atoms with Gasteiger partial charge >= 0.3 is 5.69 Å². The van der Waals surface area contributed by atoms with Crippen LogP contribution in [0.4, 0.5) is 5.69 Å². The fraction of sp³-hybridized carbons (Fsp3) is 0.333. The van der Waals surface area contributed by atoms with Gasteiger partial charge < -0.3 is 9.47 Å². The molecule has 2 aromatic rings. The third-order valence-corrected chi connectivity index (χ3v) is 5.12. The minimum atomic E-state index is -3.87. The van der Waals surface area contributed by atoms with Crippen LogP contribution in [0.5, 0.6) is 11.5 Å². The molecular formula is C18H22N2O6S. The van der Waals surface area contributed by atoms with Crippen LogP contribution in [0.3, 0.4) is 0 Å². The number of benzene rings is 2. The van der Waals surface area contributed by atoms with Crippen molar-refractivity contribution in [3.63, 3.8) is 0 Å². The SMILES string of the molecule is COc1ccc(S(=O)(=O)NCCc2ccc(OC(C)C)cc2)cc1[N+](=O)[O-]. The first-order valence-electron chi connectivity index (χ1n) is 8.30. The first-order valence-corrected chi connectivity index (χ1v) is 9.79. The Morgan fingerprint density at radius 2 is 1.81 bits per heavy atom. The summed E-state index contributed by atoms with van der Waals surface area (Å²) >= 11 is 0. The predicted molar refractivity (Wildman–Crippen MR) is 101 cm³/mol. The molecule has 0 radical (unpaired) electrons. The van der Waals surface area contributed by atoms with E-state index in [1.54, 1.807) is 0 Å². The standard InChI is InChI=1S/C18H22N2O6S/c1-13(2)26-15-6-4-14(5-7-15)10-11-19-27(23,24)16-8-9-18(25-3)17(12-16)20(21)22/h4-9,12-13,19H,10-11H2,1-3H3. The van der Waals surface area contributed by atoms with Crippen LogP contribution in [0.25, 0.3) is 0 Å². The molecular weight excluding hydrogens is 372 g/mol. The predicted octanol–water partition coefficient (Wildman–Crippen LogP) is 2.91. The van der Waals surface area contributed by atoms with Crippen molar-refractivity contribution >= 4 is 15.7 Å². The van der Waals surface area contributed by atoms with E-state index in [1.165, 1.54) is 19.2 Å². The monoisotopic (exact) mass is 394 g/mol. The lowest BCUT2D eigenvalue weighted by Crippen LogP contribution is -2.26. The molecule has 0 atom stereocenters. The topological polar surface area (TPSA) is 108 Å². The number of hydrogen-bond donors (Lipinski definition) is 1. The van der Waals surface area contributed by atoms with Gasteiger partial charge in [0.2, 0.25) is 10.0 Å². The molecule has 1 N–H and O–H groups in total. The molecule has 2 rings (SSSR count). The average Bonchev–Trinajstić information content (AvgIpc) is 2.62. The molecule has 0 saturated heterocycles. The molecule has 0 aliphatic heterocycles. The van der Waals surface area contributed by atoms with Crippen LogP contribution in [-0.2, 0) is 16.4 Å². The van der Waals surface area contributed by atoms with Crippen LogP contribution in [-0.4, -0.2) is 33.1 Å². The Balaban J connectivity index is 2.02. The molecule has 0 amide bonds. The van der Waals surface area contributed by atoms with Crippen molar-refractivity contribution in [2.24, 2.45) is 0 Å². The lowest BCUT2D eigenvalue weighted by molar-refractivity contribution is -0.386. The van der Waals surface area contributed by atoms with E-state index in [-0.39, 0.29) is 23.3 Å². The first-order chi connectivity index (χ1) is 12.7. The van der Waals surface area contributed by atoms with Gasteiger partial charge in [0, 0.05) is 12.6 Å². The summed E-state index contributed by atoms with van der Waals surface area (Å²) in [6, 6.07) is 10.9. The molecule has 0 bridgehead atoms. The summed E-state index contributed by atoms with van der Waals surface area (Å²) in [5.74, 6) is 0.752. The van der Waals surface area contributed by atoms with Crippen LogP contribution >= 0.6 is 0 Å². The largest absolute Gasteiger partial charge is 0.491 e. The van der Waals surface area contributed by atoms with E-state index < -0.39 is 20.6 Å². The Kier molecular flexibility index (Phi) is 6.75. The summed E-state index contributed by atoms with van der Waals surface area (Å²) in [5, 5.41) is 11.1. The summed E-state index contributed by atoms with van der Waals surface area (Å²) in [5.41, 5.74) is 0.538. The normalized spacial score (nSPS) is 11.4. The number of methoxy groups -OCH3 is 1. The van der Waals surface area contributed by atoms with E-state index >= 15 is 0 Å². The fourth-order valence-electron chi connectivity index (χ4n) is 2.40. The van der Waals surface area contributed by atoms with Crippen LogP contribution < -0.4 is 14.2 Å². The molecule has 8 nitrogen and oxygen atoms in total. The van der Waals surface area contributed by atoms with Crippen LogP contribution in [0.1, 0.15) is 19.4 Å². The fourth-order valence-corrected chi connectivity index (χ4v) is 3.45. The summed E-state index contributed by atoms with van der Waals surface area (Å²) in [7, 11) is -2.59. The minimum Gasteiger partial charge on any atom is -0.491 e. The van der Waals surface area contributed by atoms with Gasteiger partial charge in [-0.25, -0.2) is 13.1 Å². The second-order valence-corrected chi connectivity index (χ2v) is 7.82. The maximum atomic E-state index is 12.4. The van der Waals surface area contributed by atoms with Crippen molar-refractivity contribution in [2.45, 2.75) is 31.3 Å². The number of hydrogen-bond acceptors (Lipinski definition) is 6. The van der Waals surface area contributed by atoms with Gasteiger partial charge in [-0.3, -0.25) is 10.1 Å². The highest BCUT2D eigenvalue weighted by Crippen LogP contribution is 2.29. The number of nitro groups is 1. The Morgan fingerprint density at radius 3 is 2.37 bits per heavy atom. The number of nitrogens with one attached hydrogen (secondary N) is 1. The molecule has 0 heterocycles. The number of ether oxygens (including phenoxy) is 2. The zero-order valence-corrected chi connectivity index (χ0v) is 16.2. The number of nitro benzene ring substituents is 1. The third kappa shape index (κ3) is 5.66. The molecule has 0 fully saturated rings. The van der Waals surface area contributed by atoms with Crippen molar-refractivity contribution in [1.29, 1.82) is 0 Å². The first kappa shape index (κ1) is 20.7. The van der Waals surface area contributed by atoms with Crippen molar-refractivity contribution in [3.05, 3.63) is 58.1 Å². The Hall–Kier alpha value is -2.65. The van der Waals surface area contributed by atoms with Crippen molar-refractivity contribution in [2.75, 3.05) is 13.7 Å². The number of rotatable bonds is 9. The van der Waals surface area contributed by atoms with E-state index in [0.717, 1.165) is 17.4 Å². The van der Waals surface area contributed by atoms with E-state index in [9.17, 15) is 18.5 Å². The maximum absolute atomic E-state index is 12.4. The van der Waals surface area contributed by atoms with E-state index in [2.05, 4.69) is 4.72 Å². The summed E-state index contributed by atoms with van der Waals surface area (Å²) in [4.78, 5) is 10.2. The lowest BCUT2D eigenvalue weighted by Gasteiger charge is -2.11. The average molecular weight is 394 g/mol. The summed E-state index contributed by atoms with van der Waals surface area (Å²) in [6.45, 7) is 4.03. The van der Waals surface area contributed by atoms with Gasteiger partial charge in [-0.2, -0.15) is 0 Å². The van der Waals surface area contributed by atoms with E-state index in [1.807, 2.05) is 38.1 Å². The smallest absolute Gasteiger partial charge is 0.312 e. The molecule has 146 valence electrons. The van der Waals surface area contributed by atoms with E-state index in [4.69, 9.17) is 9.47 Å². The van der Waals surface area contributed by atoms with Crippen molar-refractivity contribution < 1.29 is 22.8 Å². The molecule has 2 aromatic carbocycles. The third-order valence-electron chi connectivity index (χ3n) is 3.66. The zero-order chi connectivity index (χ0) is 20.0. The van der Waals surface area contributed by atoms with Crippen molar-refractivity contribution in [3.8, 4) is 11.5 Å². The van der Waals surface area contributed by atoms with Gasteiger partial charge in [0.1, 0.15) is 5.75 Å². The Morgan fingerprint density at radius 1 is 1.15 bits per heavy atom. The summed E-state index contributed by atoms with van der Waals surface area (Å²) < 4.78 is 37.6. The lowest BCUT2D eigenvalue weighted by atomic mass is 10.1. The van der Waals surface area contributed by atoms with Gasteiger partial charge in [-0.15, -0.1) is 0 Å². The molecule has 0 saturated carbocycles. The van der Waals surface area contributed by atoms with Crippen LogP contribution in [0.2, 0.25) is 0 Å². The van der Waals surface area contributed by atoms with Crippen LogP contribution in [0.15, 0.2) is 47.4 Å². The van der Waals surface area contributed by atoms with Gasteiger partial charge in [0.05, 0.1) is 23.0 Å². The number of sulfonamides is 1. The highest BCUT2D eigenvalue weighted by atomic mass is 32.2. The number of nitrogens with zero attached hydrogens (tertiary/aromatic N) is 1. The molecule has 0 unspecified atom stereocenters. The molecule has 0 aliphatic rings. The zero-order valence-electron chi connectivity index (χ0n) is 15.3. The second-order valence-electron chi connectivity index (χ2n) is 6.05. The summed E-state index contributed by atoms with van der Waals surface area (Å²) in [6.07, 6.45) is 0.551. The molecule has 9 heteroatoms. The highest BCUT2D eigenvalue weighted by Gasteiger charge is 2.21. The van der Waals surface area contributed by atoms with Crippen LogP contribution in [0, 0.1) is 10.1 Å². The quantitative estimate of drug-likeness (QED) is 0.517. The minimum absolute atomic E-state index is 0.00246. The molecule has 27 heavy (non-hydrogen) atoms. The second kappa shape index (κ2) is 8.83.